The highest BCUT2D eigenvalue weighted by molar-refractivity contribution is 7.91. The van der Waals surface area contributed by atoms with E-state index in [1.165, 1.54) is 6.08 Å². The van der Waals surface area contributed by atoms with Gasteiger partial charge in [0.2, 0.25) is 5.91 Å². The molecular formula is C19H22ClN3O3S. The minimum atomic E-state index is -3.03. The van der Waals surface area contributed by atoms with Gasteiger partial charge < -0.3 is 5.32 Å². The zero-order chi connectivity index (χ0) is 19.8. The first kappa shape index (κ1) is 19.6. The average molecular weight is 408 g/mol. The fourth-order valence-corrected chi connectivity index (χ4v) is 5.16. The molecule has 1 saturated heterocycles. The summed E-state index contributed by atoms with van der Waals surface area (Å²) in [5, 5.41) is 7.55. The normalized spacial score (nSPS) is 18.9. The van der Waals surface area contributed by atoms with Crippen molar-refractivity contribution < 1.29 is 13.2 Å². The maximum atomic E-state index is 12.2. The van der Waals surface area contributed by atoms with E-state index in [2.05, 4.69) is 10.4 Å². The van der Waals surface area contributed by atoms with Crippen LogP contribution in [0.3, 0.4) is 0 Å². The van der Waals surface area contributed by atoms with Crippen molar-refractivity contribution in [3.8, 4) is 0 Å². The maximum absolute atomic E-state index is 12.2. The van der Waals surface area contributed by atoms with Crippen LogP contribution in [0.4, 0.5) is 5.69 Å². The van der Waals surface area contributed by atoms with Gasteiger partial charge in [0.1, 0.15) is 5.15 Å². The highest BCUT2D eigenvalue weighted by atomic mass is 35.5. The fourth-order valence-electron chi connectivity index (χ4n) is 3.09. The Morgan fingerprint density at radius 1 is 1.30 bits per heavy atom. The summed E-state index contributed by atoms with van der Waals surface area (Å²) >= 11 is 6.41. The number of benzene rings is 1. The molecule has 8 heteroatoms. The Bertz CT molecular complexity index is 1030. The van der Waals surface area contributed by atoms with Gasteiger partial charge in [0.05, 0.1) is 23.2 Å². The van der Waals surface area contributed by atoms with Crippen molar-refractivity contribution in [1.29, 1.82) is 0 Å². The Kier molecular flexibility index (Phi) is 5.44. The number of aryl methyl sites for hydroxylation is 3. The largest absolute Gasteiger partial charge is 0.323 e. The van der Waals surface area contributed by atoms with E-state index in [0.29, 0.717) is 22.8 Å². The lowest BCUT2D eigenvalue weighted by Crippen LogP contribution is -2.12. The van der Waals surface area contributed by atoms with E-state index in [1.807, 2.05) is 32.0 Å². The Morgan fingerprint density at radius 2 is 2.04 bits per heavy atom. The van der Waals surface area contributed by atoms with Crippen LogP contribution in [-0.2, 0) is 14.6 Å². The number of aromatic nitrogens is 2. The number of carbonyl (C=O) groups is 1. The lowest BCUT2D eigenvalue weighted by Gasteiger charge is -2.09. The third kappa shape index (κ3) is 4.42. The number of nitrogens with one attached hydrogen (secondary N) is 1. The molecule has 1 fully saturated rings. The van der Waals surface area contributed by atoms with Gasteiger partial charge in [-0.3, -0.25) is 4.79 Å². The van der Waals surface area contributed by atoms with Gasteiger partial charge in [-0.1, -0.05) is 17.7 Å². The van der Waals surface area contributed by atoms with Gasteiger partial charge in [-0.25, -0.2) is 13.1 Å². The minimum absolute atomic E-state index is 0.0459. The molecule has 3 rings (SSSR count). The molecule has 1 N–H and O–H groups in total. The van der Waals surface area contributed by atoms with Crippen LogP contribution in [0.25, 0.3) is 6.08 Å². The Labute approximate surface area is 164 Å². The van der Waals surface area contributed by atoms with Crippen molar-refractivity contribution in [3.63, 3.8) is 0 Å². The van der Waals surface area contributed by atoms with E-state index < -0.39 is 9.84 Å². The van der Waals surface area contributed by atoms with Crippen LogP contribution < -0.4 is 5.32 Å². The SMILES string of the molecule is Cc1ccc(NC(=O)/C=C/c2c(C)nn([C@H]3CCS(=O)(=O)C3)c2Cl)cc1C. The third-order valence-electron chi connectivity index (χ3n) is 4.80. The minimum Gasteiger partial charge on any atom is -0.323 e. The van der Waals surface area contributed by atoms with Crippen LogP contribution in [0.2, 0.25) is 5.15 Å². The van der Waals surface area contributed by atoms with Crippen LogP contribution in [0.15, 0.2) is 24.3 Å². The molecule has 6 nitrogen and oxygen atoms in total. The van der Waals surface area contributed by atoms with Crippen molar-refractivity contribution in [2.24, 2.45) is 0 Å². The standard InChI is InChI=1S/C19H22ClN3O3S/c1-12-4-5-15(10-13(12)2)21-18(24)7-6-17-14(3)22-23(19(17)20)16-8-9-27(25,26)11-16/h4-7,10,16H,8-9,11H2,1-3H3,(H,21,24)/b7-6+/t16-/m0/s1. The van der Waals surface area contributed by atoms with Gasteiger partial charge in [0.25, 0.3) is 0 Å². The third-order valence-corrected chi connectivity index (χ3v) is 6.93. The van der Waals surface area contributed by atoms with Gasteiger partial charge in [-0.05, 0) is 56.5 Å². The van der Waals surface area contributed by atoms with E-state index in [0.717, 1.165) is 16.8 Å². The molecule has 1 aromatic heterocycles. The predicted octanol–water partition coefficient (Wildman–Crippen LogP) is 3.47. The zero-order valence-electron chi connectivity index (χ0n) is 15.5. The summed E-state index contributed by atoms with van der Waals surface area (Å²) in [6, 6.07) is 5.46. The van der Waals surface area contributed by atoms with E-state index in [4.69, 9.17) is 11.6 Å². The summed E-state index contributed by atoms with van der Waals surface area (Å²) in [5.41, 5.74) is 4.26. The average Bonchev–Trinajstić information content (AvgIpc) is 3.08. The summed E-state index contributed by atoms with van der Waals surface area (Å²) in [4.78, 5) is 12.2. The second kappa shape index (κ2) is 7.48. The van der Waals surface area contributed by atoms with Crippen LogP contribution in [0.5, 0.6) is 0 Å². The van der Waals surface area contributed by atoms with Crippen molar-refractivity contribution in [2.75, 3.05) is 16.8 Å². The Hall–Kier alpha value is -2.12. The quantitative estimate of drug-likeness (QED) is 0.787. The molecule has 1 amide bonds. The molecule has 2 heterocycles. The molecule has 144 valence electrons. The van der Waals surface area contributed by atoms with E-state index in [9.17, 15) is 13.2 Å². The molecule has 0 spiro atoms. The van der Waals surface area contributed by atoms with Gasteiger partial charge in [0.15, 0.2) is 9.84 Å². The van der Waals surface area contributed by atoms with Crippen LogP contribution in [0, 0.1) is 20.8 Å². The summed E-state index contributed by atoms with van der Waals surface area (Å²) in [6.07, 6.45) is 3.52. The second-order valence-corrected chi connectivity index (χ2v) is 9.50. The number of hydrogen-bond donors (Lipinski definition) is 1. The molecule has 0 unspecified atom stereocenters. The smallest absolute Gasteiger partial charge is 0.248 e. The first-order chi connectivity index (χ1) is 12.7. The number of carbonyl (C=O) groups excluding carboxylic acids is 1. The number of rotatable bonds is 4. The predicted molar refractivity (Wildman–Crippen MR) is 108 cm³/mol. The summed E-state index contributed by atoms with van der Waals surface area (Å²) in [5.74, 6) is -0.0781. The molecule has 1 aliphatic rings. The number of hydrogen-bond acceptors (Lipinski definition) is 4. The topological polar surface area (TPSA) is 81.1 Å². The molecule has 0 bridgehead atoms. The highest BCUT2D eigenvalue weighted by Crippen LogP contribution is 2.30. The molecule has 2 aromatic rings. The molecule has 0 aliphatic carbocycles. The molecule has 0 radical (unpaired) electrons. The van der Waals surface area contributed by atoms with Crippen molar-refractivity contribution in [3.05, 3.63) is 51.8 Å². The first-order valence-corrected chi connectivity index (χ1v) is 10.9. The summed E-state index contributed by atoms with van der Waals surface area (Å²) in [6.45, 7) is 5.78. The molecular weight excluding hydrogens is 386 g/mol. The van der Waals surface area contributed by atoms with E-state index >= 15 is 0 Å². The van der Waals surface area contributed by atoms with Crippen LogP contribution >= 0.6 is 11.6 Å². The highest BCUT2D eigenvalue weighted by Gasteiger charge is 2.31. The van der Waals surface area contributed by atoms with Crippen LogP contribution in [0.1, 0.15) is 34.8 Å². The van der Waals surface area contributed by atoms with Crippen LogP contribution in [-0.4, -0.2) is 35.6 Å². The van der Waals surface area contributed by atoms with E-state index in [-0.39, 0.29) is 23.5 Å². The summed E-state index contributed by atoms with van der Waals surface area (Å²) in [7, 11) is -3.03. The second-order valence-electron chi connectivity index (χ2n) is 6.91. The number of anilines is 1. The number of amides is 1. The molecule has 1 aliphatic heterocycles. The van der Waals surface area contributed by atoms with Gasteiger partial charge in [-0.2, -0.15) is 5.10 Å². The molecule has 27 heavy (non-hydrogen) atoms. The van der Waals surface area contributed by atoms with Crippen molar-refractivity contribution >= 4 is 39.1 Å². The van der Waals surface area contributed by atoms with Gasteiger partial charge in [0, 0.05) is 17.3 Å². The van der Waals surface area contributed by atoms with E-state index in [1.54, 1.807) is 17.7 Å². The number of sulfone groups is 1. The molecule has 1 aromatic carbocycles. The van der Waals surface area contributed by atoms with Gasteiger partial charge in [-0.15, -0.1) is 0 Å². The van der Waals surface area contributed by atoms with Crippen molar-refractivity contribution in [1.82, 2.24) is 9.78 Å². The number of halogens is 1. The van der Waals surface area contributed by atoms with Gasteiger partial charge >= 0.3 is 0 Å². The molecule has 0 saturated carbocycles. The monoisotopic (exact) mass is 407 g/mol. The lowest BCUT2D eigenvalue weighted by molar-refractivity contribution is -0.111. The fraction of sp³-hybridized carbons (Fsp3) is 0.368. The lowest BCUT2D eigenvalue weighted by atomic mass is 10.1. The molecule has 1 atom stereocenters. The summed E-state index contributed by atoms with van der Waals surface area (Å²) < 4.78 is 25.0. The number of nitrogens with zero attached hydrogens (tertiary/aromatic N) is 2. The maximum Gasteiger partial charge on any atom is 0.248 e. The zero-order valence-corrected chi connectivity index (χ0v) is 17.1. The van der Waals surface area contributed by atoms with Crippen molar-refractivity contribution in [2.45, 2.75) is 33.2 Å². The Morgan fingerprint density at radius 3 is 2.67 bits per heavy atom. The Balaban J connectivity index is 1.75. The first-order valence-electron chi connectivity index (χ1n) is 8.67.